The summed E-state index contributed by atoms with van der Waals surface area (Å²) in [5.41, 5.74) is 0. The lowest BCUT2D eigenvalue weighted by atomic mass is 10.1. The van der Waals surface area contributed by atoms with Crippen molar-refractivity contribution < 1.29 is 18.8 Å². The van der Waals surface area contributed by atoms with Gasteiger partial charge < -0.3 is 14.7 Å². The lowest BCUT2D eigenvalue weighted by Gasteiger charge is -2.07. The standard InChI is InChI=1S/C19H40NO4P/c1-3-4-5-6-7-8-9-10-13-16-19(21)20-17-14-11-12-15-18-24-25(2,22)23/h3-18H2,1-2H3,(H,20,21)(H,22,23). The van der Waals surface area contributed by atoms with Gasteiger partial charge in [0.1, 0.15) is 0 Å². The van der Waals surface area contributed by atoms with Crippen LogP contribution < -0.4 is 5.32 Å². The minimum absolute atomic E-state index is 0.165. The zero-order valence-corrected chi connectivity index (χ0v) is 17.3. The van der Waals surface area contributed by atoms with Gasteiger partial charge in [0.15, 0.2) is 0 Å². The van der Waals surface area contributed by atoms with E-state index in [4.69, 9.17) is 9.42 Å². The maximum Gasteiger partial charge on any atom is 0.325 e. The molecule has 0 aliphatic rings. The van der Waals surface area contributed by atoms with Crippen LogP contribution in [-0.4, -0.2) is 30.6 Å². The highest BCUT2D eigenvalue weighted by molar-refractivity contribution is 7.51. The van der Waals surface area contributed by atoms with Crippen LogP contribution in [0.2, 0.25) is 0 Å². The fraction of sp³-hybridized carbons (Fsp3) is 0.947. The molecule has 0 spiro atoms. The van der Waals surface area contributed by atoms with E-state index in [9.17, 15) is 9.36 Å². The van der Waals surface area contributed by atoms with E-state index >= 15 is 0 Å². The Morgan fingerprint density at radius 3 is 2.00 bits per heavy atom. The summed E-state index contributed by atoms with van der Waals surface area (Å²) < 4.78 is 15.7. The molecule has 25 heavy (non-hydrogen) atoms. The van der Waals surface area contributed by atoms with Crippen LogP contribution in [0.1, 0.15) is 96.8 Å². The molecule has 5 nitrogen and oxygen atoms in total. The number of rotatable bonds is 18. The SMILES string of the molecule is CCCCCCCCCCCC(=O)NCCCCCCOP(C)(=O)O. The van der Waals surface area contributed by atoms with Crippen LogP contribution in [-0.2, 0) is 13.9 Å². The van der Waals surface area contributed by atoms with Crippen molar-refractivity contribution in [1.82, 2.24) is 5.32 Å². The quantitative estimate of drug-likeness (QED) is 0.247. The summed E-state index contributed by atoms with van der Waals surface area (Å²) in [6.07, 6.45) is 15.8. The van der Waals surface area contributed by atoms with E-state index in [-0.39, 0.29) is 5.91 Å². The Kier molecular flexibility index (Phi) is 16.8. The van der Waals surface area contributed by atoms with E-state index in [0.717, 1.165) is 45.1 Å². The van der Waals surface area contributed by atoms with Gasteiger partial charge >= 0.3 is 7.60 Å². The number of unbranched alkanes of at least 4 members (excludes halogenated alkanes) is 11. The normalized spacial score (nSPS) is 13.6. The predicted molar refractivity (Wildman–Crippen MR) is 105 cm³/mol. The van der Waals surface area contributed by atoms with E-state index in [0.29, 0.717) is 13.0 Å². The average molecular weight is 378 g/mol. The number of hydrogen-bond donors (Lipinski definition) is 2. The third-order valence-electron chi connectivity index (χ3n) is 4.23. The molecule has 0 aromatic carbocycles. The maximum atomic E-state index is 11.7. The molecule has 6 heteroatoms. The van der Waals surface area contributed by atoms with Crippen molar-refractivity contribution in [3.8, 4) is 0 Å². The highest BCUT2D eigenvalue weighted by atomic mass is 31.2. The molecule has 1 unspecified atom stereocenters. The van der Waals surface area contributed by atoms with Crippen LogP contribution in [0.3, 0.4) is 0 Å². The Morgan fingerprint density at radius 2 is 1.40 bits per heavy atom. The first-order chi connectivity index (χ1) is 12.0. The van der Waals surface area contributed by atoms with Gasteiger partial charge in [0.05, 0.1) is 6.61 Å². The molecule has 0 fully saturated rings. The smallest absolute Gasteiger partial charge is 0.325 e. The third kappa shape index (κ3) is 21.6. The Balaban J connectivity index is 3.22. The fourth-order valence-electron chi connectivity index (χ4n) is 2.73. The second-order valence-electron chi connectivity index (χ2n) is 6.98. The highest BCUT2D eigenvalue weighted by Gasteiger charge is 2.08. The van der Waals surface area contributed by atoms with Crippen LogP contribution in [0.15, 0.2) is 0 Å². The molecule has 0 saturated carbocycles. The van der Waals surface area contributed by atoms with Gasteiger partial charge in [-0.2, -0.15) is 0 Å². The summed E-state index contributed by atoms with van der Waals surface area (Å²) in [5, 5.41) is 2.97. The van der Waals surface area contributed by atoms with E-state index in [1.807, 2.05) is 0 Å². The van der Waals surface area contributed by atoms with E-state index in [1.165, 1.54) is 51.6 Å². The molecule has 1 atom stereocenters. The van der Waals surface area contributed by atoms with Crippen LogP contribution in [0.4, 0.5) is 0 Å². The molecule has 0 saturated heterocycles. The zero-order valence-electron chi connectivity index (χ0n) is 16.4. The molecule has 0 aliphatic heterocycles. The van der Waals surface area contributed by atoms with Gasteiger partial charge in [0, 0.05) is 19.6 Å². The molecular weight excluding hydrogens is 337 g/mol. The minimum Gasteiger partial charge on any atom is -0.356 e. The summed E-state index contributed by atoms with van der Waals surface area (Å²) in [6.45, 7) is 4.50. The van der Waals surface area contributed by atoms with Gasteiger partial charge in [0.2, 0.25) is 5.91 Å². The van der Waals surface area contributed by atoms with Gasteiger partial charge in [-0.25, -0.2) is 0 Å². The first-order valence-electron chi connectivity index (χ1n) is 10.2. The molecule has 0 aromatic heterocycles. The third-order valence-corrected chi connectivity index (χ3v) is 4.89. The number of amides is 1. The van der Waals surface area contributed by atoms with Crippen molar-refractivity contribution in [1.29, 1.82) is 0 Å². The first kappa shape index (κ1) is 24.6. The Bertz CT molecular complexity index is 357. The van der Waals surface area contributed by atoms with Crippen LogP contribution in [0.5, 0.6) is 0 Å². The number of hydrogen-bond acceptors (Lipinski definition) is 3. The molecule has 0 radical (unpaired) electrons. The summed E-state index contributed by atoms with van der Waals surface area (Å²) in [7, 11) is -3.32. The summed E-state index contributed by atoms with van der Waals surface area (Å²) in [5.74, 6) is 0.165. The molecule has 150 valence electrons. The lowest BCUT2D eigenvalue weighted by molar-refractivity contribution is -0.121. The topological polar surface area (TPSA) is 75.6 Å². The summed E-state index contributed by atoms with van der Waals surface area (Å²) in [4.78, 5) is 20.7. The van der Waals surface area contributed by atoms with Crippen molar-refractivity contribution in [2.24, 2.45) is 0 Å². The number of carbonyl (C=O) groups excluding carboxylic acids is 1. The average Bonchev–Trinajstić information content (AvgIpc) is 2.54. The molecule has 0 aromatic rings. The van der Waals surface area contributed by atoms with Gasteiger partial charge in [-0.05, 0) is 19.3 Å². The van der Waals surface area contributed by atoms with Crippen LogP contribution >= 0.6 is 7.60 Å². The van der Waals surface area contributed by atoms with Gasteiger partial charge in [-0.3, -0.25) is 9.36 Å². The molecule has 0 aliphatic carbocycles. The van der Waals surface area contributed by atoms with Crippen molar-refractivity contribution in [2.75, 3.05) is 19.8 Å². The molecule has 2 N–H and O–H groups in total. The molecule has 0 bridgehead atoms. The van der Waals surface area contributed by atoms with E-state index in [1.54, 1.807) is 0 Å². The molecule has 0 rings (SSSR count). The van der Waals surface area contributed by atoms with Gasteiger partial charge in [-0.15, -0.1) is 0 Å². The first-order valence-corrected chi connectivity index (χ1v) is 12.2. The lowest BCUT2D eigenvalue weighted by Crippen LogP contribution is -2.23. The summed E-state index contributed by atoms with van der Waals surface area (Å²) in [6, 6.07) is 0. The largest absolute Gasteiger partial charge is 0.356 e. The van der Waals surface area contributed by atoms with Gasteiger partial charge in [0.25, 0.3) is 0 Å². The Labute approximate surface area is 154 Å². The summed E-state index contributed by atoms with van der Waals surface area (Å²) >= 11 is 0. The Morgan fingerprint density at radius 1 is 0.880 bits per heavy atom. The number of carbonyl (C=O) groups is 1. The minimum atomic E-state index is -3.32. The maximum absolute atomic E-state index is 11.7. The van der Waals surface area contributed by atoms with Crippen molar-refractivity contribution in [2.45, 2.75) is 96.8 Å². The van der Waals surface area contributed by atoms with Crippen LogP contribution in [0.25, 0.3) is 0 Å². The van der Waals surface area contributed by atoms with Crippen molar-refractivity contribution in [3.63, 3.8) is 0 Å². The predicted octanol–water partition coefficient (Wildman–Crippen LogP) is 5.42. The van der Waals surface area contributed by atoms with Crippen molar-refractivity contribution >= 4 is 13.5 Å². The highest BCUT2D eigenvalue weighted by Crippen LogP contribution is 2.36. The second kappa shape index (κ2) is 17.1. The van der Waals surface area contributed by atoms with E-state index < -0.39 is 7.60 Å². The number of nitrogens with one attached hydrogen (secondary N) is 1. The van der Waals surface area contributed by atoms with E-state index in [2.05, 4.69) is 12.2 Å². The molecular formula is C19H40NO4P. The van der Waals surface area contributed by atoms with Gasteiger partial charge in [-0.1, -0.05) is 71.1 Å². The monoisotopic (exact) mass is 377 g/mol. The zero-order chi connectivity index (χ0) is 18.8. The second-order valence-corrected chi connectivity index (χ2v) is 8.84. The Hall–Kier alpha value is -0.380. The fourth-order valence-corrected chi connectivity index (χ4v) is 3.19. The van der Waals surface area contributed by atoms with Crippen molar-refractivity contribution in [3.05, 3.63) is 0 Å². The van der Waals surface area contributed by atoms with Crippen LogP contribution in [0, 0.1) is 0 Å². The molecule has 1 amide bonds. The molecule has 0 heterocycles.